The standard InChI is InChI=1S/C16H22N2O2/c1-20-16(19)14-8-13(6-7-15(14)17)18(9-11-2-3-11)10-12-4-5-12/h6-8,11-12H,2-5,9-10,17H2,1H3. The Bertz CT molecular complexity index is 493. The molecule has 0 atom stereocenters. The number of nitrogens with two attached hydrogens (primary N) is 1. The van der Waals surface area contributed by atoms with Crippen LogP contribution in [0, 0.1) is 11.8 Å². The monoisotopic (exact) mass is 274 g/mol. The Morgan fingerprint density at radius 2 is 1.85 bits per heavy atom. The Kier molecular flexibility index (Phi) is 3.55. The van der Waals surface area contributed by atoms with Crippen molar-refractivity contribution >= 4 is 17.3 Å². The van der Waals surface area contributed by atoms with Gasteiger partial charge in [0.25, 0.3) is 0 Å². The molecule has 1 aromatic carbocycles. The first-order chi connectivity index (χ1) is 9.67. The maximum Gasteiger partial charge on any atom is 0.340 e. The van der Waals surface area contributed by atoms with Crippen LogP contribution in [0.15, 0.2) is 18.2 Å². The summed E-state index contributed by atoms with van der Waals surface area (Å²) in [4.78, 5) is 14.2. The molecule has 2 N–H and O–H groups in total. The van der Waals surface area contributed by atoms with E-state index in [9.17, 15) is 4.79 Å². The largest absolute Gasteiger partial charge is 0.465 e. The summed E-state index contributed by atoms with van der Waals surface area (Å²) in [5.41, 5.74) is 7.93. The topological polar surface area (TPSA) is 55.6 Å². The first-order valence-corrected chi connectivity index (χ1v) is 7.40. The number of hydrogen-bond acceptors (Lipinski definition) is 4. The van der Waals surface area contributed by atoms with Gasteiger partial charge in [0, 0.05) is 24.5 Å². The minimum atomic E-state index is -0.359. The number of esters is 1. The van der Waals surface area contributed by atoms with Crippen LogP contribution in [0.1, 0.15) is 36.0 Å². The predicted molar refractivity (Wildman–Crippen MR) is 79.9 cm³/mol. The van der Waals surface area contributed by atoms with Crippen molar-refractivity contribution in [1.82, 2.24) is 0 Å². The van der Waals surface area contributed by atoms with Crippen molar-refractivity contribution in [3.05, 3.63) is 23.8 Å². The molecule has 20 heavy (non-hydrogen) atoms. The summed E-state index contributed by atoms with van der Waals surface area (Å²) < 4.78 is 4.80. The molecule has 2 aliphatic carbocycles. The summed E-state index contributed by atoms with van der Waals surface area (Å²) in [6, 6.07) is 5.72. The molecule has 0 saturated heterocycles. The van der Waals surface area contributed by atoms with Crippen molar-refractivity contribution < 1.29 is 9.53 Å². The van der Waals surface area contributed by atoms with E-state index >= 15 is 0 Å². The molecule has 0 heterocycles. The molecule has 0 unspecified atom stereocenters. The first-order valence-electron chi connectivity index (χ1n) is 7.40. The number of benzene rings is 1. The lowest BCUT2D eigenvalue weighted by atomic mass is 10.1. The number of ether oxygens (including phenoxy) is 1. The molecule has 4 heteroatoms. The van der Waals surface area contributed by atoms with Gasteiger partial charge >= 0.3 is 5.97 Å². The van der Waals surface area contributed by atoms with E-state index in [1.807, 2.05) is 18.2 Å². The smallest absolute Gasteiger partial charge is 0.340 e. The van der Waals surface area contributed by atoms with Crippen molar-refractivity contribution in [3.63, 3.8) is 0 Å². The third kappa shape index (κ3) is 3.06. The van der Waals surface area contributed by atoms with E-state index in [1.165, 1.54) is 32.8 Å². The molecule has 1 aromatic rings. The Morgan fingerprint density at radius 3 is 2.35 bits per heavy atom. The van der Waals surface area contributed by atoms with E-state index in [-0.39, 0.29) is 5.97 Å². The Labute approximate surface area is 119 Å². The van der Waals surface area contributed by atoms with Crippen LogP contribution in [0.4, 0.5) is 11.4 Å². The van der Waals surface area contributed by atoms with Gasteiger partial charge in [-0.15, -0.1) is 0 Å². The highest BCUT2D eigenvalue weighted by molar-refractivity contribution is 5.96. The average Bonchev–Trinajstić information content (AvgIpc) is 3.33. The van der Waals surface area contributed by atoms with Gasteiger partial charge in [-0.05, 0) is 55.7 Å². The maximum absolute atomic E-state index is 11.8. The molecule has 0 spiro atoms. The number of carbonyl (C=O) groups is 1. The van der Waals surface area contributed by atoms with Gasteiger partial charge in [-0.1, -0.05) is 0 Å². The molecule has 0 radical (unpaired) electrons. The minimum absolute atomic E-state index is 0.359. The number of nitrogens with zero attached hydrogens (tertiary/aromatic N) is 1. The van der Waals surface area contributed by atoms with Gasteiger partial charge in [-0.3, -0.25) is 0 Å². The number of nitrogen functional groups attached to an aromatic ring is 1. The molecule has 0 aliphatic heterocycles. The van der Waals surface area contributed by atoms with Gasteiger partial charge in [0.15, 0.2) is 0 Å². The Balaban J connectivity index is 1.82. The molecule has 0 amide bonds. The van der Waals surface area contributed by atoms with Crippen molar-refractivity contribution in [3.8, 4) is 0 Å². The van der Waals surface area contributed by atoms with Crippen LogP contribution in [0.2, 0.25) is 0 Å². The van der Waals surface area contributed by atoms with E-state index in [1.54, 1.807) is 0 Å². The van der Waals surface area contributed by atoms with Crippen molar-refractivity contribution in [2.45, 2.75) is 25.7 Å². The number of rotatable bonds is 6. The average molecular weight is 274 g/mol. The Morgan fingerprint density at radius 1 is 1.25 bits per heavy atom. The third-order valence-electron chi connectivity index (χ3n) is 4.16. The fourth-order valence-electron chi connectivity index (χ4n) is 2.54. The quantitative estimate of drug-likeness (QED) is 0.640. The first kappa shape index (κ1) is 13.3. The molecule has 2 saturated carbocycles. The second-order valence-corrected chi connectivity index (χ2v) is 6.05. The van der Waals surface area contributed by atoms with E-state index in [2.05, 4.69) is 4.90 Å². The van der Waals surface area contributed by atoms with Crippen LogP contribution >= 0.6 is 0 Å². The summed E-state index contributed by atoms with van der Waals surface area (Å²) in [6.45, 7) is 2.20. The number of hydrogen-bond donors (Lipinski definition) is 1. The summed E-state index contributed by atoms with van der Waals surface area (Å²) in [5.74, 6) is 1.29. The van der Waals surface area contributed by atoms with E-state index in [0.29, 0.717) is 11.3 Å². The Hall–Kier alpha value is -1.71. The van der Waals surface area contributed by atoms with Gasteiger partial charge in [0.05, 0.1) is 12.7 Å². The van der Waals surface area contributed by atoms with Crippen LogP contribution in [0.5, 0.6) is 0 Å². The van der Waals surface area contributed by atoms with Crippen LogP contribution in [-0.2, 0) is 4.74 Å². The SMILES string of the molecule is COC(=O)c1cc(N(CC2CC2)CC2CC2)ccc1N. The van der Waals surface area contributed by atoms with Gasteiger partial charge < -0.3 is 15.4 Å². The zero-order valence-corrected chi connectivity index (χ0v) is 12.0. The minimum Gasteiger partial charge on any atom is -0.465 e. The highest BCUT2D eigenvalue weighted by Gasteiger charge is 2.29. The zero-order valence-electron chi connectivity index (χ0n) is 12.0. The third-order valence-corrected chi connectivity index (χ3v) is 4.16. The van der Waals surface area contributed by atoms with Crippen molar-refractivity contribution in [2.24, 2.45) is 11.8 Å². The second kappa shape index (κ2) is 5.35. The number of carbonyl (C=O) groups excluding carboxylic acids is 1. The summed E-state index contributed by atoms with van der Waals surface area (Å²) >= 11 is 0. The lowest BCUT2D eigenvalue weighted by molar-refractivity contribution is 0.0602. The predicted octanol–water partition coefficient (Wildman–Crippen LogP) is 2.68. The van der Waals surface area contributed by atoms with E-state index in [0.717, 1.165) is 30.6 Å². The van der Waals surface area contributed by atoms with Crippen LogP contribution in [0.25, 0.3) is 0 Å². The fourth-order valence-corrected chi connectivity index (χ4v) is 2.54. The molecule has 3 rings (SSSR count). The normalized spacial score (nSPS) is 17.9. The molecular weight excluding hydrogens is 252 g/mol. The summed E-state index contributed by atoms with van der Waals surface area (Å²) in [7, 11) is 1.39. The van der Waals surface area contributed by atoms with Gasteiger partial charge in [-0.25, -0.2) is 4.79 Å². The lowest BCUT2D eigenvalue weighted by Crippen LogP contribution is -2.28. The van der Waals surface area contributed by atoms with Gasteiger partial charge in [0.2, 0.25) is 0 Å². The summed E-state index contributed by atoms with van der Waals surface area (Å²) in [5, 5.41) is 0. The fraction of sp³-hybridized carbons (Fsp3) is 0.562. The molecule has 0 bridgehead atoms. The van der Waals surface area contributed by atoms with Gasteiger partial charge in [0.1, 0.15) is 0 Å². The molecular formula is C16H22N2O2. The molecule has 0 aromatic heterocycles. The van der Waals surface area contributed by atoms with Crippen LogP contribution in [-0.4, -0.2) is 26.2 Å². The highest BCUT2D eigenvalue weighted by Crippen LogP contribution is 2.36. The lowest BCUT2D eigenvalue weighted by Gasteiger charge is -2.25. The zero-order chi connectivity index (χ0) is 14.1. The molecule has 108 valence electrons. The van der Waals surface area contributed by atoms with Crippen molar-refractivity contribution in [2.75, 3.05) is 30.8 Å². The van der Waals surface area contributed by atoms with Gasteiger partial charge in [-0.2, -0.15) is 0 Å². The number of anilines is 2. The number of methoxy groups -OCH3 is 1. The van der Waals surface area contributed by atoms with Crippen molar-refractivity contribution in [1.29, 1.82) is 0 Å². The van der Waals surface area contributed by atoms with Crippen LogP contribution in [0.3, 0.4) is 0 Å². The van der Waals surface area contributed by atoms with E-state index < -0.39 is 0 Å². The maximum atomic E-state index is 11.8. The second-order valence-electron chi connectivity index (χ2n) is 6.05. The molecule has 2 fully saturated rings. The molecule has 2 aliphatic rings. The highest BCUT2D eigenvalue weighted by atomic mass is 16.5. The van der Waals surface area contributed by atoms with E-state index in [4.69, 9.17) is 10.5 Å². The molecule has 4 nitrogen and oxygen atoms in total. The summed E-state index contributed by atoms with van der Waals surface area (Å²) in [6.07, 6.45) is 5.33. The van der Waals surface area contributed by atoms with Crippen LogP contribution < -0.4 is 10.6 Å².